The van der Waals surface area contributed by atoms with Crippen LogP contribution in [-0.4, -0.2) is 32.7 Å². The molecule has 2 rings (SSSR count). The van der Waals surface area contributed by atoms with Gasteiger partial charge in [-0.15, -0.1) is 0 Å². The van der Waals surface area contributed by atoms with E-state index in [0.29, 0.717) is 19.3 Å². The maximum Gasteiger partial charge on any atom is 0.329 e. The lowest BCUT2D eigenvalue weighted by Gasteiger charge is -2.39. The Balaban J connectivity index is 2.33. The zero-order chi connectivity index (χ0) is 15.6. The highest BCUT2D eigenvalue weighted by Crippen LogP contribution is 2.35. The summed E-state index contributed by atoms with van der Waals surface area (Å²) in [6.45, 7) is 1.79. The molecule has 6 nitrogen and oxygen atoms in total. The monoisotopic (exact) mass is 293 g/mol. The van der Waals surface area contributed by atoms with Crippen molar-refractivity contribution < 1.29 is 24.9 Å². The Morgan fingerprint density at radius 1 is 1.24 bits per heavy atom. The molecular weight excluding hydrogens is 274 g/mol. The number of hydrogen-bond donors (Lipinski definition) is 4. The first-order valence-electron chi connectivity index (χ1n) is 6.95. The van der Waals surface area contributed by atoms with Crippen LogP contribution in [0.25, 0.3) is 0 Å². The lowest BCUT2D eigenvalue weighted by atomic mass is 9.73. The van der Waals surface area contributed by atoms with Crippen LogP contribution in [0.3, 0.4) is 0 Å². The Labute approximate surface area is 122 Å². The van der Waals surface area contributed by atoms with Crippen molar-refractivity contribution in [3.05, 3.63) is 23.8 Å². The molecular formula is C15H19NO5. The van der Waals surface area contributed by atoms with Crippen molar-refractivity contribution >= 4 is 11.9 Å². The molecule has 4 N–H and O–H groups in total. The third-order valence-corrected chi connectivity index (χ3v) is 4.27. The number of phenolic OH excluding ortho intramolecular Hbond substituents is 2. The van der Waals surface area contributed by atoms with E-state index in [9.17, 15) is 24.9 Å². The van der Waals surface area contributed by atoms with Crippen molar-refractivity contribution in [2.45, 2.75) is 38.1 Å². The summed E-state index contributed by atoms with van der Waals surface area (Å²) in [5.74, 6) is -2.84. The van der Waals surface area contributed by atoms with Gasteiger partial charge in [0.1, 0.15) is 22.6 Å². The summed E-state index contributed by atoms with van der Waals surface area (Å²) in [5.41, 5.74) is -1.65. The molecule has 114 valence electrons. The zero-order valence-corrected chi connectivity index (χ0v) is 11.8. The SMILES string of the molecule is CC1CCCCC1(NC(=O)c1c(O)cccc1O)C(=O)O. The van der Waals surface area contributed by atoms with E-state index in [1.54, 1.807) is 6.92 Å². The summed E-state index contributed by atoms with van der Waals surface area (Å²) in [5, 5.41) is 31.5. The second kappa shape index (κ2) is 5.63. The lowest BCUT2D eigenvalue weighted by Crippen LogP contribution is -2.60. The van der Waals surface area contributed by atoms with Crippen LogP contribution >= 0.6 is 0 Å². The topological polar surface area (TPSA) is 107 Å². The molecule has 21 heavy (non-hydrogen) atoms. The van der Waals surface area contributed by atoms with Crippen molar-refractivity contribution in [3.63, 3.8) is 0 Å². The Morgan fingerprint density at radius 2 is 1.86 bits per heavy atom. The van der Waals surface area contributed by atoms with Gasteiger partial charge in [0.05, 0.1) is 0 Å². The van der Waals surface area contributed by atoms with Crippen molar-refractivity contribution in [2.75, 3.05) is 0 Å². The molecule has 1 amide bonds. The van der Waals surface area contributed by atoms with E-state index >= 15 is 0 Å². The minimum absolute atomic E-state index is 0.222. The maximum atomic E-state index is 12.3. The van der Waals surface area contributed by atoms with Gasteiger partial charge in [-0.05, 0) is 30.9 Å². The number of rotatable bonds is 3. The third kappa shape index (κ3) is 2.66. The predicted octanol–water partition coefficient (Wildman–Crippen LogP) is 1.86. The molecule has 1 aromatic rings. The number of aromatic hydroxyl groups is 2. The quantitative estimate of drug-likeness (QED) is 0.680. The summed E-state index contributed by atoms with van der Waals surface area (Å²) in [6.07, 6.45) is 2.68. The molecule has 2 atom stereocenters. The van der Waals surface area contributed by atoms with E-state index in [4.69, 9.17) is 0 Å². The minimum Gasteiger partial charge on any atom is -0.507 e. The standard InChI is InChI=1S/C15H19NO5/c1-9-5-2-3-8-15(9,14(20)21)16-13(19)12-10(17)6-4-7-11(12)18/h4,6-7,9,17-18H,2-3,5,8H2,1H3,(H,16,19)(H,20,21). The average molecular weight is 293 g/mol. The molecule has 1 aliphatic rings. The number of carboxylic acids is 1. The smallest absolute Gasteiger partial charge is 0.329 e. The van der Waals surface area contributed by atoms with E-state index in [2.05, 4.69) is 5.32 Å². The van der Waals surface area contributed by atoms with Crippen LogP contribution in [0.4, 0.5) is 0 Å². The number of carboxylic acid groups (broad SMARTS) is 1. The molecule has 2 unspecified atom stereocenters. The van der Waals surface area contributed by atoms with E-state index in [1.807, 2.05) is 0 Å². The number of aliphatic carboxylic acids is 1. The Bertz CT molecular complexity index is 551. The van der Waals surface area contributed by atoms with E-state index in [0.717, 1.165) is 6.42 Å². The third-order valence-electron chi connectivity index (χ3n) is 4.27. The fourth-order valence-corrected chi connectivity index (χ4v) is 2.93. The average Bonchev–Trinajstić information content (AvgIpc) is 2.41. The van der Waals surface area contributed by atoms with Gasteiger partial charge in [-0.1, -0.05) is 25.8 Å². The summed E-state index contributed by atoms with van der Waals surface area (Å²) in [6, 6.07) is 3.94. The van der Waals surface area contributed by atoms with Crippen LogP contribution in [-0.2, 0) is 4.79 Å². The summed E-state index contributed by atoms with van der Waals surface area (Å²) in [7, 11) is 0. The minimum atomic E-state index is -1.36. The van der Waals surface area contributed by atoms with Gasteiger partial charge < -0.3 is 20.6 Å². The largest absolute Gasteiger partial charge is 0.507 e. The van der Waals surface area contributed by atoms with Crippen LogP contribution in [0, 0.1) is 5.92 Å². The Kier molecular flexibility index (Phi) is 4.06. The number of phenols is 2. The first-order chi connectivity index (χ1) is 9.88. The van der Waals surface area contributed by atoms with Gasteiger partial charge >= 0.3 is 5.97 Å². The second-order valence-corrected chi connectivity index (χ2v) is 5.55. The van der Waals surface area contributed by atoms with Crippen LogP contribution in [0.1, 0.15) is 43.0 Å². The highest BCUT2D eigenvalue weighted by molar-refractivity contribution is 6.02. The molecule has 0 aromatic heterocycles. The molecule has 1 saturated carbocycles. The van der Waals surface area contributed by atoms with Gasteiger partial charge in [0.15, 0.2) is 0 Å². The maximum absolute atomic E-state index is 12.3. The van der Waals surface area contributed by atoms with E-state index in [1.165, 1.54) is 18.2 Å². The summed E-state index contributed by atoms with van der Waals surface area (Å²) in [4.78, 5) is 24.0. The lowest BCUT2D eigenvalue weighted by molar-refractivity contribution is -0.148. The molecule has 1 aliphatic carbocycles. The van der Waals surface area contributed by atoms with Gasteiger partial charge in [0.2, 0.25) is 0 Å². The zero-order valence-electron chi connectivity index (χ0n) is 11.8. The van der Waals surface area contributed by atoms with Crippen LogP contribution in [0.5, 0.6) is 11.5 Å². The van der Waals surface area contributed by atoms with Crippen molar-refractivity contribution in [1.29, 1.82) is 0 Å². The predicted molar refractivity (Wildman–Crippen MR) is 75.2 cm³/mol. The van der Waals surface area contributed by atoms with Crippen molar-refractivity contribution in [3.8, 4) is 11.5 Å². The fourth-order valence-electron chi connectivity index (χ4n) is 2.93. The molecule has 0 aliphatic heterocycles. The first kappa shape index (κ1) is 15.2. The molecule has 0 heterocycles. The first-order valence-corrected chi connectivity index (χ1v) is 6.95. The van der Waals surface area contributed by atoms with E-state index in [-0.39, 0.29) is 23.0 Å². The van der Waals surface area contributed by atoms with Gasteiger partial charge in [0, 0.05) is 0 Å². The molecule has 0 bridgehead atoms. The number of nitrogens with one attached hydrogen (secondary N) is 1. The Hall–Kier alpha value is -2.24. The fraction of sp³-hybridized carbons (Fsp3) is 0.467. The highest BCUT2D eigenvalue weighted by Gasteiger charge is 2.46. The van der Waals surface area contributed by atoms with Gasteiger partial charge in [-0.25, -0.2) is 4.79 Å². The van der Waals surface area contributed by atoms with Gasteiger partial charge in [0.25, 0.3) is 5.91 Å². The van der Waals surface area contributed by atoms with Gasteiger partial charge in [-0.2, -0.15) is 0 Å². The van der Waals surface area contributed by atoms with E-state index < -0.39 is 17.4 Å². The molecule has 6 heteroatoms. The van der Waals surface area contributed by atoms with Gasteiger partial charge in [-0.3, -0.25) is 4.79 Å². The van der Waals surface area contributed by atoms with Crippen LogP contribution in [0.15, 0.2) is 18.2 Å². The number of amides is 1. The molecule has 1 fully saturated rings. The molecule has 0 saturated heterocycles. The molecule has 0 radical (unpaired) electrons. The summed E-state index contributed by atoms with van der Waals surface area (Å²) < 4.78 is 0. The number of carbonyl (C=O) groups excluding carboxylic acids is 1. The summed E-state index contributed by atoms with van der Waals surface area (Å²) >= 11 is 0. The Morgan fingerprint density at radius 3 is 2.38 bits per heavy atom. The number of benzene rings is 1. The molecule has 0 spiro atoms. The normalized spacial score (nSPS) is 25.3. The number of carbonyl (C=O) groups is 2. The van der Waals surface area contributed by atoms with Crippen molar-refractivity contribution in [1.82, 2.24) is 5.32 Å². The van der Waals surface area contributed by atoms with Crippen LogP contribution < -0.4 is 5.32 Å². The van der Waals surface area contributed by atoms with Crippen LogP contribution in [0.2, 0.25) is 0 Å². The highest BCUT2D eigenvalue weighted by atomic mass is 16.4. The number of hydrogen-bond acceptors (Lipinski definition) is 4. The molecule has 1 aromatic carbocycles. The van der Waals surface area contributed by atoms with Crippen molar-refractivity contribution in [2.24, 2.45) is 5.92 Å². The second-order valence-electron chi connectivity index (χ2n) is 5.55.